The van der Waals surface area contributed by atoms with Crippen LogP contribution in [-0.4, -0.2) is 9.78 Å². The predicted molar refractivity (Wildman–Crippen MR) is 73.1 cm³/mol. The van der Waals surface area contributed by atoms with Crippen molar-refractivity contribution in [2.75, 3.05) is 0 Å². The molecule has 5 heteroatoms. The lowest BCUT2D eigenvalue weighted by Crippen LogP contribution is -2.17. The van der Waals surface area contributed by atoms with Crippen LogP contribution in [0.3, 0.4) is 0 Å². The number of nitrogens with zero attached hydrogens (tertiary/aromatic N) is 2. The molecule has 1 aromatic carbocycles. The number of benzene rings is 1. The van der Waals surface area contributed by atoms with Crippen molar-refractivity contribution in [1.82, 2.24) is 9.78 Å². The summed E-state index contributed by atoms with van der Waals surface area (Å²) in [5.41, 5.74) is 8.10. The van der Waals surface area contributed by atoms with Gasteiger partial charge in [0, 0.05) is 11.0 Å². The first kappa shape index (κ1) is 12.6. The lowest BCUT2D eigenvalue weighted by atomic mass is 10.0. The van der Waals surface area contributed by atoms with Crippen LogP contribution in [0, 0.1) is 0 Å². The molecule has 0 aliphatic heterocycles. The maximum absolute atomic E-state index is 6.23. The number of aryl methyl sites for hydroxylation is 1. The maximum Gasteiger partial charge on any atom is 0.0837 e. The van der Waals surface area contributed by atoms with Crippen LogP contribution < -0.4 is 5.73 Å². The molecular formula is C12H13BrClN3. The van der Waals surface area contributed by atoms with E-state index in [9.17, 15) is 0 Å². The standard InChI is InChI=1S/C12H13BrClN3/c1-2-17-12(10(14)7-16-17)11(15)8-3-5-9(13)6-4-8/h3-7,11H,2,15H2,1H3. The molecule has 2 aromatic rings. The van der Waals surface area contributed by atoms with Crippen LogP contribution in [0.5, 0.6) is 0 Å². The van der Waals surface area contributed by atoms with Crippen LogP contribution >= 0.6 is 27.5 Å². The van der Waals surface area contributed by atoms with Crippen molar-refractivity contribution in [3.05, 3.63) is 51.2 Å². The Morgan fingerprint density at radius 1 is 1.41 bits per heavy atom. The zero-order chi connectivity index (χ0) is 12.4. The van der Waals surface area contributed by atoms with Gasteiger partial charge in [0.05, 0.1) is 23.0 Å². The molecule has 2 rings (SSSR count). The molecule has 2 N–H and O–H groups in total. The van der Waals surface area contributed by atoms with E-state index in [1.807, 2.05) is 35.9 Å². The molecule has 0 saturated carbocycles. The molecule has 0 bridgehead atoms. The molecule has 0 radical (unpaired) electrons. The lowest BCUT2D eigenvalue weighted by molar-refractivity contribution is 0.601. The molecule has 1 unspecified atom stereocenters. The Bertz CT molecular complexity index is 507. The van der Waals surface area contributed by atoms with E-state index >= 15 is 0 Å². The summed E-state index contributed by atoms with van der Waals surface area (Å²) in [5.74, 6) is 0. The van der Waals surface area contributed by atoms with E-state index in [0.29, 0.717) is 5.02 Å². The highest BCUT2D eigenvalue weighted by Gasteiger charge is 2.17. The first-order valence-corrected chi connectivity index (χ1v) is 6.52. The fourth-order valence-electron chi connectivity index (χ4n) is 1.76. The number of aromatic nitrogens is 2. The predicted octanol–water partition coefficient (Wildman–Crippen LogP) is 3.37. The SMILES string of the molecule is CCn1ncc(Cl)c1C(N)c1ccc(Br)cc1. The van der Waals surface area contributed by atoms with Crippen LogP contribution in [-0.2, 0) is 6.54 Å². The monoisotopic (exact) mass is 313 g/mol. The molecule has 0 saturated heterocycles. The van der Waals surface area contributed by atoms with E-state index in [1.54, 1.807) is 6.20 Å². The summed E-state index contributed by atoms with van der Waals surface area (Å²) >= 11 is 9.53. The van der Waals surface area contributed by atoms with Crippen molar-refractivity contribution >= 4 is 27.5 Å². The van der Waals surface area contributed by atoms with E-state index in [2.05, 4.69) is 21.0 Å². The van der Waals surface area contributed by atoms with Crippen LogP contribution in [0.4, 0.5) is 0 Å². The van der Waals surface area contributed by atoms with E-state index in [1.165, 1.54) is 0 Å². The summed E-state index contributed by atoms with van der Waals surface area (Å²) in [5, 5.41) is 4.81. The van der Waals surface area contributed by atoms with Gasteiger partial charge in [-0.1, -0.05) is 39.7 Å². The fraction of sp³-hybridized carbons (Fsp3) is 0.250. The van der Waals surface area contributed by atoms with E-state index < -0.39 is 0 Å². The zero-order valence-corrected chi connectivity index (χ0v) is 11.7. The van der Waals surface area contributed by atoms with Crippen molar-refractivity contribution in [3.63, 3.8) is 0 Å². The second kappa shape index (κ2) is 5.21. The Kier molecular flexibility index (Phi) is 3.86. The van der Waals surface area contributed by atoms with Gasteiger partial charge in [0.15, 0.2) is 0 Å². The summed E-state index contributed by atoms with van der Waals surface area (Å²) in [6, 6.07) is 7.65. The van der Waals surface area contributed by atoms with Gasteiger partial charge in [-0.15, -0.1) is 0 Å². The minimum absolute atomic E-state index is 0.252. The molecule has 0 fully saturated rings. The van der Waals surface area contributed by atoms with Crippen LogP contribution in [0.15, 0.2) is 34.9 Å². The van der Waals surface area contributed by atoms with Crippen LogP contribution in [0.2, 0.25) is 5.02 Å². The number of hydrogen-bond donors (Lipinski definition) is 1. The fourth-order valence-corrected chi connectivity index (χ4v) is 2.28. The van der Waals surface area contributed by atoms with Gasteiger partial charge in [-0.2, -0.15) is 5.10 Å². The lowest BCUT2D eigenvalue weighted by Gasteiger charge is -2.14. The van der Waals surface area contributed by atoms with Gasteiger partial charge >= 0.3 is 0 Å². The minimum Gasteiger partial charge on any atom is -0.319 e. The van der Waals surface area contributed by atoms with E-state index in [4.69, 9.17) is 17.3 Å². The topological polar surface area (TPSA) is 43.8 Å². The smallest absolute Gasteiger partial charge is 0.0837 e. The summed E-state index contributed by atoms with van der Waals surface area (Å²) in [6.45, 7) is 2.77. The van der Waals surface area contributed by atoms with Crippen molar-refractivity contribution in [3.8, 4) is 0 Å². The third kappa shape index (κ3) is 2.54. The third-order valence-electron chi connectivity index (χ3n) is 2.66. The van der Waals surface area contributed by atoms with E-state index in [0.717, 1.165) is 22.3 Å². The van der Waals surface area contributed by atoms with Gasteiger partial charge in [0.2, 0.25) is 0 Å². The number of hydrogen-bond acceptors (Lipinski definition) is 2. The van der Waals surface area contributed by atoms with Gasteiger partial charge in [-0.05, 0) is 24.6 Å². The normalized spacial score (nSPS) is 12.7. The first-order valence-electron chi connectivity index (χ1n) is 5.35. The Labute approximate surface area is 114 Å². The summed E-state index contributed by atoms with van der Waals surface area (Å²) < 4.78 is 2.86. The molecular weight excluding hydrogens is 302 g/mol. The molecule has 1 aromatic heterocycles. The van der Waals surface area contributed by atoms with Gasteiger partial charge in [0.25, 0.3) is 0 Å². The Balaban J connectivity index is 2.39. The quantitative estimate of drug-likeness (QED) is 0.944. The highest BCUT2D eigenvalue weighted by atomic mass is 79.9. The Morgan fingerprint density at radius 3 is 2.65 bits per heavy atom. The second-order valence-corrected chi connectivity index (χ2v) is 5.05. The molecule has 17 heavy (non-hydrogen) atoms. The molecule has 1 heterocycles. The third-order valence-corrected chi connectivity index (χ3v) is 3.48. The van der Waals surface area contributed by atoms with Crippen LogP contribution in [0.25, 0.3) is 0 Å². The average Bonchev–Trinajstić information content (AvgIpc) is 2.70. The van der Waals surface area contributed by atoms with Gasteiger partial charge in [-0.3, -0.25) is 4.68 Å². The highest BCUT2D eigenvalue weighted by Crippen LogP contribution is 2.27. The summed E-state index contributed by atoms with van der Waals surface area (Å²) in [4.78, 5) is 0. The Morgan fingerprint density at radius 2 is 2.06 bits per heavy atom. The maximum atomic E-state index is 6.23. The zero-order valence-electron chi connectivity index (χ0n) is 9.40. The van der Waals surface area contributed by atoms with Crippen molar-refractivity contribution < 1.29 is 0 Å². The molecule has 0 amide bonds. The van der Waals surface area contributed by atoms with Crippen molar-refractivity contribution in [2.45, 2.75) is 19.5 Å². The minimum atomic E-state index is -0.252. The second-order valence-electron chi connectivity index (χ2n) is 3.72. The molecule has 0 aliphatic rings. The van der Waals surface area contributed by atoms with Gasteiger partial charge < -0.3 is 5.73 Å². The molecule has 0 aliphatic carbocycles. The average molecular weight is 315 g/mol. The molecule has 3 nitrogen and oxygen atoms in total. The molecule has 1 atom stereocenters. The van der Waals surface area contributed by atoms with E-state index in [-0.39, 0.29) is 6.04 Å². The largest absolute Gasteiger partial charge is 0.319 e. The Hall–Kier alpha value is -0.840. The number of rotatable bonds is 3. The van der Waals surface area contributed by atoms with Gasteiger partial charge in [-0.25, -0.2) is 0 Å². The molecule has 90 valence electrons. The highest BCUT2D eigenvalue weighted by molar-refractivity contribution is 9.10. The number of halogens is 2. The summed E-state index contributed by atoms with van der Waals surface area (Å²) in [6.07, 6.45) is 1.64. The van der Waals surface area contributed by atoms with Crippen molar-refractivity contribution in [2.24, 2.45) is 5.73 Å². The molecule has 0 spiro atoms. The number of nitrogens with two attached hydrogens (primary N) is 1. The van der Waals surface area contributed by atoms with Crippen molar-refractivity contribution in [1.29, 1.82) is 0 Å². The van der Waals surface area contributed by atoms with Crippen LogP contribution in [0.1, 0.15) is 24.2 Å². The first-order chi connectivity index (χ1) is 8.13. The summed E-state index contributed by atoms with van der Waals surface area (Å²) in [7, 11) is 0. The van der Waals surface area contributed by atoms with Gasteiger partial charge in [0.1, 0.15) is 0 Å².